The highest BCUT2D eigenvalue weighted by Crippen LogP contribution is 2.30. The number of anilines is 2. The summed E-state index contributed by atoms with van der Waals surface area (Å²) < 4.78 is 38.5. The molecule has 0 unspecified atom stereocenters. The van der Waals surface area contributed by atoms with Gasteiger partial charge in [-0.2, -0.15) is 13.2 Å². The van der Waals surface area contributed by atoms with Crippen LogP contribution in [0.3, 0.4) is 0 Å². The van der Waals surface area contributed by atoms with Crippen molar-refractivity contribution in [3.05, 3.63) is 76.3 Å². The van der Waals surface area contributed by atoms with E-state index in [1.165, 1.54) is 17.4 Å². The first-order chi connectivity index (χ1) is 13.8. The highest BCUT2D eigenvalue weighted by atomic mass is 32.1. The molecule has 29 heavy (non-hydrogen) atoms. The largest absolute Gasteiger partial charge is 0.416 e. The molecule has 1 amide bonds. The molecule has 3 aromatic rings. The van der Waals surface area contributed by atoms with Gasteiger partial charge in [-0.25, -0.2) is 4.98 Å². The Morgan fingerprint density at radius 2 is 1.93 bits per heavy atom. The molecule has 3 rings (SSSR count). The number of hydrogen-bond donors (Lipinski definition) is 2. The lowest BCUT2D eigenvalue weighted by atomic mass is 10.1. The van der Waals surface area contributed by atoms with E-state index in [0.717, 1.165) is 34.7 Å². The van der Waals surface area contributed by atoms with E-state index in [-0.39, 0.29) is 12.5 Å². The van der Waals surface area contributed by atoms with Gasteiger partial charge in [-0.15, -0.1) is 11.3 Å². The molecule has 0 saturated heterocycles. The zero-order valence-electron chi connectivity index (χ0n) is 15.7. The zero-order chi connectivity index (χ0) is 20.9. The van der Waals surface area contributed by atoms with Crippen LogP contribution < -0.4 is 10.6 Å². The standard InChI is InChI=1S/C21H20F3N3OS/c1-2-15-7-3-4-9-18(15)25-13-19(28)27-20-26-12-17(29-20)11-14-6-5-8-16(10-14)21(22,23)24/h3-10,12,25H,2,11,13H2,1H3,(H,26,27,28). The van der Waals surface area contributed by atoms with Crippen molar-refractivity contribution in [1.82, 2.24) is 4.98 Å². The van der Waals surface area contributed by atoms with E-state index in [1.807, 2.05) is 31.2 Å². The fraction of sp³-hybridized carbons (Fsp3) is 0.238. The molecule has 0 fully saturated rings. The van der Waals surface area contributed by atoms with Gasteiger partial charge < -0.3 is 10.6 Å². The first-order valence-electron chi connectivity index (χ1n) is 9.07. The molecule has 0 aliphatic carbocycles. The predicted octanol–water partition coefficient (Wildman–Crippen LogP) is 5.37. The fourth-order valence-electron chi connectivity index (χ4n) is 2.85. The van der Waals surface area contributed by atoms with Crippen LogP contribution in [-0.2, 0) is 23.8 Å². The molecule has 8 heteroatoms. The van der Waals surface area contributed by atoms with Gasteiger partial charge in [0.2, 0.25) is 5.91 Å². The summed E-state index contributed by atoms with van der Waals surface area (Å²) in [4.78, 5) is 17.1. The van der Waals surface area contributed by atoms with Gasteiger partial charge in [0.15, 0.2) is 5.13 Å². The smallest absolute Gasteiger partial charge is 0.376 e. The molecular weight excluding hydrogens is 399 g/mol. The number of halogens is 3. The van der Waals surface area contributed by atoms with Crippen molar-refractivity contribution < 1.29 is 18.0 Å². The Labute approximate surface area is 170 Å². The number of carbonyl (C=O) groups excluding carboxylic acids is 1. The first kappa shape index (κ1) is 20.9. The molecule has 0 bridgehead atoms. The molecule has 0 atom stereocenters. The normalized spacial score (nSPS) is 11.3. The van der Waals surface area contributed by atoms with Crippen molar-refractivity contribution in [3.63, 3.8) is 0 Å². The quantitative estimate of drug-likeness (QED) is 0.542. The van der Waals surface area contributed by atoms with Gasteiger partial charge in [0.1, 0.15) is 0 Å². The summed E-state index contributed by atoms with van der Waals surface area (Å²) in [5.41, 5.74) is 1.90. The molecule has 4 nitrogen and oxygen atoms in total. The molecule has 152 valence electrons. The van der Waals surface area contributed by atoms with E-state index >= 15 is 0 Å². The summed E-state index contributed by atoms with van der Waals surface area (Å²) in [7, 11) is 0. The lowest BCUT2D eigenvalue weighted by Crippen LogP contribution is -2.22. The predicted molar refractivity (Wildman–Crippen MR) is 109 cm³/mol. The van der Waals surface area contributed by atoms with Gasteiger partial charge in [0.25, 0.3) is 0 Å². The monoisotopic (exact) mass is 419 g/mol. The summed E-state index contributed by atoms with van der Waals surface area (Å²) in [6, 6.07) is 13.0. The number of hydrogen-bond acceptors (Lipinski definition) is 4. The second-order valence-corrected chi connectivity index (χ2v) is 7.53. The third-order valence-electron chi connectivity index (χ3n) is 4.27. The zero-order valence-corrected chi connectivity index (χ0v) is 16.5. The van der Waals surface area contributed by atoms with Crippen molar-refractivity contribution in [2.75, 3.05) is 17.2 Å². The third-order valence-corrected chi connectivity index (χ3v) is 5.18. The van der Waals surface area contributed by atoms with Gasteiger partial charge in [0.05, 0.1) is 12.1 Å². The Hall–Kier alpha value is -2.87. The van der Waals surface area contributed by atoms with E-state index in [4.69, 9.17) is 0 Å². The summed E-state index contributed by atoms with van der Waals surface area (Å²) in [6.45, 7) is 2.14. The highest BCUT2D eigenvalue weighted by molar-refractivity contribution is 7.15. The van der Waals surface area contributed by atoms with Gasteiger partial charge >= 0.3 is 6.18 Å². The summed E-state index contributed by atoms with van der Waals surface area (Å²) >= 11 is 1.25. The summed E-state index contributed by atoms with van der Waals surface area (Å²) in [5.74, 6) is -0.240. The second-order valence-electron chi connectivity index (χ2n) is 6.42. The summed E-state index contributed by atoms with van der Waals surface area (Å²) in [6.07, 6.45) is -1.62. The van der Waals surface area contributed by atoms with E-state index in [0.29, 0.717) is 17.1 Å². The average molecular weight is 419 g/mol. The number of thiazole rings is 1. The van der Waals surface area contributed by atoms with Crippen LogP contribution in [0.2, 0.25) is 0 Å². The van der Waals surface area contributed by atoms with Gasteiger partial charge in [-0.1, -0.05) is 43.3 Å². The Kier molecular flexibility index (Phi) is 6.53. The maximum absolute atomic E-state index is 12.8. The van der Waals surface area contributed by atoms with Gasteiger partial charge in [-0.05, 0) is 29.7 Å². The number of benzene rings is 2. The van der Waals surface area contributed by atoms with Crippen molar-refractivity contribution in [2.24, 2.45) is 0 Å². The number of carbonyl (C=O) groups is 1. The minimum absolute atomic E-state index is 0.0968. The maximum atomic E-state index is 12.8. The van der Waals surface area contributed by atoms with Crippen molar-refractivity contribution in [2.45, 2.75) is 25.9 Å². The minimum atomic E-state index is -4.37. The highest BCUT2D eigenvalue weighted by Gasteiger charge is 2.30. The van der Waals surface area contributed by atoms with E-state index in [2.05, 4.69) is 15.6 Å². The Morgan fingerprint density at radius 3 is 2.69 bits per heavy atom. The van der Waals surface area contributed by atoms with Crippen molar-refractivity contribution >= 4 is 28.1 Å². The average Bonchev–Trinajstić information content (AvgIpc) is 3.12. The number of nitrogens with one attached hydrogen (secondary N) is 2. The van der Waals surface area contributed by atoms with Crippen LogP contribution in [0.5, 0.6) is 0 Å². The molecule has 0 saturated carbocycles. The molecule has 0 aliphatic rings. The molecule has 2 aromatic carbocycles. The number of rotatable bonds is 7. The molecule has 0 aliphatic heterocycles. The lowest BCUT2D eigenvalue weighted by Gasteiger charge is -2.10. The Balaban J connectivity index is 1.57. The molecule has 2 N–H and O–H groups in total. The van der Waals surface area contributed by atoms with Crippen molar-refractivity contribution in [1.29, 1.82) is 0 Å². The molecule has 0 radical (unpaired) electrons. The lowest BCUT2D eigenvalue weighted by molar-refractivity contribution is -0.137. The Morgan fingerprint density at radius 1 is 1.14 bits per heavy atom. The van der Waals surface area contributed by atoms with E-state index in [1.54, 1.807) is 12.3 Å². The number of para-hydroxylation sites is 1. The molecule has 0 spiro atoms. The number of alkyl halides is 3. The van der Waals surface area contributed by atoms with Gasteiger partial charge in [-0.3, -0.25) is 4.79 Å². The number of aryl methyl sites for hydroxylation is 1. The van der Waals surface area contributed by atoms with E-state index < -0.39 is 11.7 Å². The first-order valence-corrected chi connectivity index (χ1v) is 9.89. The van der Waals surface area contributed by atoms with Crippen LogP contribution in [0, 0.1) is 0 Å². The number of amides is 1. The minimum Gasteiger partial charge on any atom is -0.376 e. The third kappa shape index (κ3) is 5.80. The SMILES string of the molecule is CCc1ccccc1NCC(=O)Nc1ncc(Cc2cccc(C(F)(F)F)c2)s1. The van der Waals surface area contributed by atoms with Crippen LogP contribution >= 0.6 is 11.3 Å². The molecule has 1 aromatic heterocycles. The fourth-order valence-corrected chi connectivity index (χ4v) is 3.71. The van der Waals surface area contributed by atoms with Gasteiger partial charge in [0, 0.05) is 23.2 Å². The molecular formula is C21H20F3N3OS. The van der Waals surface area contributed by atoms with Crippen LogP contribution in [0.15, 0.2) is 54.7 Å². The maximum Gasteiger partial charge on any atom is 0.416 e. The number of aromatic nitrogens is 1. The topological polar surface area (TPSA) is 54.0 Å². The summed E-state index contributed by atoms with van der Waals surface area (Å²) in [5, 5.41) is 6.25. The number of nitrogens with zero attached hydrogens (tertiary/aromatic N) is 1. The van der Waals surface area contributed by atoms with Crippen LogP contribution in [0.4, 0.5) is 24.0 Å². The van der Waals surface area contributed by atoms with Crippen molar-refractivity contribution in [3.8, 4) is 0 Å². The molecule has 1 heterocycles. The van der Waals surface area contributed by atoms with Crippen LogP contribution in [0.25, 0.3) is 0 Å². The van der Waals surface area contributed by atoms with E-state index in [9.17, 15) is 18.0 Å². The van der Waals surface area contributed by atoms with Crippen LogP contribution in [-0.4, -0.2) is 17.4 Å². The Bertz CT molecular complexity index is 985. The second kappa shape index (κ2) is 9.09. The van der Waals surface area contributed by atoms with Crippen LogP contribution in [0.1, 0.15) is 28.5 Å².